The van der Waals surface area contributed by atoms with Gasteiger partial charge in [-0.3, -0.25) is 4.79 Å². The Morgan fingerprint density at radius 3 is 2.59 bits per heavy atom. The van der Waals surface area contributed by atoms with Gasteiger partial charge in [0.05, 0.1) is 5.69 Å². The third-order valence-electron chi connectivity index (χ3n) is 5.08. The Morgan fingerprint density at radius 2 is 1.88 bits per heavy atom. The molecule has 0 aliphatic rings. The van der Waals surface area contributed by atoms with E-state index in [1.54, 1.807) is 23.0 Å². The van der Waals surface area contributed by atoms with Gasteiger partial charge in [-0.25, -0.2) is 9.07 Å². The van der Waals surface area contributed by atoms with E-state index in [-0.39, 0.29) is 18.0 Å². The minimum atomic E-state index is -0.475. The number of amides is 1. The number of nitrogens with one attached hydrogen (secondary N) is 1. The zero-order valence-electron chi connectivity index (χ0n) is 18.4. The van der Waals surface area contributed by atoms with E-state index in [0.717, 1.165) is 16.8 Å². The number of carbonyl (C=O) groups is 1. The lowest BCUT2D eigenvalue weighted by Gasteiger charge is -2.08. The molecule has 0 aliphatic heterocycles. The molecule has 4 rings (SSSR count). The van der Waals surface area contributed by atoms with Gasteiger partial charge in [0.2, 0.25) is 0 Å². The fraction of sp³-hybridized carbons (Fsp3) is 0.0741. The van der Waals surface area contributed by atoms with Crippen molar-refractivity contribution in [3.05, 3.63) is 108 Å². The van der Waals surface area contributed by atoms with Crippen molar-refractivity contribution < 1.29 is 13.9 Å². The van der Waals surface area contributed by atoms with E-state index in [0.29, 0.717) is 17.0 Å². The lowest BCUT2D eigenvalue weighted by Crippen LogP contribution is -2.19. The average Bonchev–Trinajstić information content (AvgIpc) is 3.31. The minimum absolute atomic E-state index is 0.0277. The number of aromatic nitrogens is 2. The number of rotatable bonds is 7. The Labute approximate surface area is 196 Å². The molecule has 3 aromatic carbocycles. The summed E-state index contributed by atoms with van der Waals surface area (Å²) in [6.07, 6.45) is 3.30. The largest absolute Gasteiger partial charge is 0.489 e. The molecule has 0 unspecified atom stereocenters. The van der Waals surface area contributed by atoms with Crippen molar-refractivity contribution in [1.82, 2.24) is 15.1 Å². The molecule has 0 atom stereocenters. The first-order chi connectivity index (χ1) is 16.6. The van der Waals surface area contributed by atoms with E-state index in [1.165, 1.54) is 25.3 Å². The smallest absolute Gasteiger partial charge is 0.261 e. The summed E-state index contributed by atoms with van der Waals surface area (Å²) in [4.78, 5) is 12.1. The molecular weight excluding hydrogens is 431 g/mol. The second-order valence-electron chi connectivity index (χ2n) is 7.41. The van der Waals surface area contributed by atoms with Crippen molar-refractivity contribution in [2.24, 2.45) is 0 Å². The van der Waals surface area contributed by atoms with Crippen molar-refractivity contribution in [1.29, 1.82) is 5.26 Å². The predicted molar refractivity (Wildman–Crippen MR) is 127 cm³/mol. The SMILES string of the molecule is CNC(=O)/C(C#N)=C\c1cn(-c2ccccc2)nc1-c1cccc(OCc2ccc(F)cc2)c1. The number of halogens is 1. The maximum atomic E-state index is 13.1. The highest BCUT2D eigenvalue weighted by molar-refractivity contribution is 6.02. The van der Waals surface area contributed by atoms with E-state index in [4.69, 9.17) is 9.84 Å². The molecule has 1 aromatic heterocycles. The first-order valence-corrected chi connectivity index (χ1v) is 10.5. The third-order valence-corrected chi connectivity index (χ3v) is 5.08. The number of benzene rings is 3. The van der Waals surface area contributed by atoms with Gasteiger partial charge in [-0.05, 0) is 48.0 Å². The fourth-order valence-electron chi connectivity index (χ4n) is 3.35. The molecule has 1 amide bonds. The molecule has 168 valence electrons. The summed E-state index contributed by atoms with van der Waals surface area (Å²) >= 11 is 0. The first kappa shape index (κ1) is 22.5. The van der Waals surface area contributed by atoms with Crippen molar-refractivity contribution in [3.63, 3.8) is 0 Å². The van der Waals surface area contributed by atoms with Gasteiger partial charge in [0.25, 0.3) is 5.91 Å². The molecule has 0 bridgehead atoms. The van der Waals surface area contributed by atoms with Crippen molar-refractivity contribution in [3.8, 4) is 28.8 Å². The summed E-state index contributed by atoms with van der Waals surface area (Å²) in [7, 11) is 1.48. The monoisotopic (exact) mass is 452 g/mol. The van der Waals surface area contributed by atoms with Gasteiger partial charge in [0, 0.05) is 24.4 Å². The van der Waals surface area contributed by atoms with Crippen molar-refractivity contribution in [2.75, 3.05) is 7.05 Å². The van der Waals surface area contributed by atoms with Crippen LogP contribution in [-0.4, -0.2) is 22.7 Å². The zero-order valence-corrected chi connectivity index (χ0v) is 18.4. The summed E-state index contributed by atoms with van der Waals surface area (Å²) < 4.78 is 20.7. The zero-order chi connectivity index (χ0) is 23.9. The van der Waals surface area contributed by atoms with Crippen LogP contribution >= 0.6 is 0 Å². The first-order valence-electron chi connectivity index (χ1n) is 10.5. The number of ether oxygens (including phenoxy) is 1. The minimum Gasteiger partial charge on any atom is -0.489 e. The molecule has 0 fully saturated rings. The fourth-order valence-corrected chi connectivity index (χ4v) is 3.35. The van der Waals surface area contributed by atoms with Gasteiger partial charge >= 0.3 is 0 Å². The molecule has 0 radical (unpaired) electrons. The number of para-hydroxylation sites is 1. The highest BCUT2D eigenvalue weighted by atomic mass is 19.1. The summed E-state index contributed by atoms with van der Waals surface area (Å²) in [5.74, 6) is -0.163. The Hall–Kier alpha value is -4.70. The van der Waals surface area contributed by atoms with E-state index in [2.05, 4.69) is 5.32 Å². The highest BCUT2D eigenvalue weighted by Crippen LogP contribution is 2.29. The molecule has 4 aromatic rings. The molecule has 34 heavy (non-hydrogen) atoms. The van der Waals surface area contributed by atoms with Crippen LogP contribution < -0.4 is 10.1 Å². The molecule has 7 heteroatoms. The van der Waals surface area contributed by atoms with E-state index in [1.807, 2.05) is 60.7 Å². The van der Waals surface area contributed by atoms with Crippen LogP contribution in [0.4, 0.5) is 4.39 Å². The molecule has 6 nitrogen and oxygen atoms in total. The molecule has 1 heterocycles. The second-order valence-corrected chi connectivity index (χ2v) is 7.41. The van der Waals surface area contributed by atoms with Crippen LogP contribution in [0.2, 0.25) is 0 Å². The van der Waals surface area contributed by atoms with Gasteiger partial charge in [0.1, 0.15) is 35.5 Å². The van der Waals surface area contributed by atoms with Crippen LogP contribution in [0.3, 0.4) is 0 Å². The molecule has 0 saturated carbocycles. The highest BCUT2D eigenvalue weighted by Gasteiger charge is 2.15. The Kier molecular flexibility index (Phi) is 6.80. The maximum Gasteiger partial charge on any atom is 0.261 e. The lowest BCUT2D eigenvalue weighted by atomic mass is 10.1. The van der Waals surface area contributed by atoms with Crippen LogP contribution in [0.25, 0.3) is 23.0 Å². The van der Waals surface area contributed by atoms with E-state index < -0.39 is 5.91 Å². The van der Waals surface area contributed by atoms with Gasteiger partial charge in [-0.2, -0.15) is 10.4 Å². The Morgan fingerprint density at radius 1 is 1.12 bits per heavy atom. The molecular formula is C27H21FN4O2. The topological polar surface area (TPSA) is 79.9 Å². The van der Waals surface area contributed by atoms with Crippen LogP contribution in [0.15, 0.2) is 90.6 Å². The average molecular weight is 452 g/mol. The molecule has 0 spiro atoms. The molecule has 1 N–H and O–H groups in total. The van der Waals surface area contributed by atoms with Gasteiger partial charge < -0.3 is 10.1 Å². The van der Waals surface area contributed by atoms with Crippen molar-refractivity contribution in [2.45, 2.75) is 6.61 Å². The Bertz CT molecular complexity index is 1370. The standard InChI is InChI=1S/C27H21FN4O2/c1-30-27(33)21(16-29)14-22-17-32(24-7-3-2-4-8-24)31-26(22)20-6-5-9-25(15-20)34-18-19-10-12-23(28)13-11-19/h2-15,17H,18H2,1H3,(H,30,33)/b21-14-. The summed E-state index contributed by atoms with van der Waals surface area (Å²) in [6, 6.07) is 25.0. The maximum absolute atomic E-state index is 13.1. The quantitative estimate of drug-likeness (QED) is 0.319. The summed E-state index contributed by atoms with van der Waals surface area (Å²) in [6.45, 7) is 0.282. The number of nitriles is 1. The third kappa shape index (κ3) is 5.19. The van der Waals surface area contributed by atoms with Crippen LogP contribution in [0, 0.1) is 17.1 Å². The van der Waals surface area contributed by atoms with Gasteiger partial charge in [-0.1, -0.05) is 42.5 Å². The summed E-state index contributed by atoms with van der Waals surface area (Å²) in [5.41, 5.74) is 3.61. The van der Waals surface area contributed by atoms with Crippen LogP contribution in [0.1, 0.15) is 11.1 Å². The second kappa shape index (κ2) is 10.3. The molecule has 0 aliphatic carbocycles. The number of nitrogens with zero attached hydrogens (tertiary/aromatic N) is 3. The van der Waals surface area contributed by atoms with Gasteiger partial charge in [0.15, 0.2) is 0 Å². The lowest BCUT2D eigenvalue weighted by molar-refractivity contribution is -0.116. The number of hydrogen-bond donors (Lipinski definition) is 1. The van der Waals surface area contributed by atoms with Crippen LogP contribution in [-0.2, 0) is 11.4 Å². The van der Waals surface area contributed by atoms with E-state index >= 15 is 0 Å². The van der Waals surface area contributed by atoms with Gasteiger partial charge in [-0.15, -0.1) is 0 Å². The Balaban J connectivity index is 1.71. The molecule has 0 saturated heterocycles. The number of hydrogen-bond acceptors (Lipinski definition) is 4. The van der Waals surface area contributed by atoms with Crippen molar-refractivity contribution >= 4 is 12.0 Å². The normalized spacial score (nSPS) is 11.0. The van der Waals surface area contributed by atoms with E-state index in [9.17, 15) is 14.4 Å². The number of carbonyl (C=O) groups excluding carboxylic acids is 1. The summed E-state index contributed by atoms with van der Waals surface area (Å²) in [5, 5.41) is 16.7. The number of likely N-dealkylation sites (N-methyl/N-ethyl adjacent to an activating group) is 1. The predicted octanol–water partition coefficient (Wildman–Crippen LogP) is 4.91. The van der Waals surface area contributed by atoms with Crippen LogP contribution in [0.5, 0.6) is 5.75 Å².